The number of methoxy groups -OCH3 is 1. The Labute approximate surface area is 182 Å². The Morgan fingerprint density at radius 1 is 1.13 bits per heavy atom. The van der Waals surface area contributed by atoms with Crippen molar-refractivity contribution in [2.24, 2.45) is 0 Å². The van der Waals surface area contributed by atoms with Crippen LogP contribution in [0.25, 0.3) is 10.9 Å². The van der Waals surface area contributed by atoms with Gasteiger partial charge in [0.2, 0.25) is 0 Å². The summed E-state index contributed by atoms with van der Waals surface area (Å²) < 4.78 is 21.3. The number of aromatic nitrogens is 2. The number of thioether (sulfide) groups is 1. The minimum atomic E-state index is -0.299. The minimum absolute atomic E-state index is 0.299. The molecule has 0 bridgehead atoms. The number of nitrogens with zero attached hydrogens (tertiary/aromatic N) is 3. The third-order valence-corrected chi connectivity index (χ3v) is 5.97. The molecule has 0 spiro atoms. The maximum absolute atomic E-state index is 14.0. The first kappa shape index (κ1) is 20.3. The second-order valence-corrected chi connectivity index (χ2v) is 8.13. The summed E-state index contributed by atoms with van der Waals surface area (Å²) in [7, 11) is 1.61. The second-order valence-electron chi connectivity index (χ2n) is 6.65. The zero-order chi connectivity index (χ0) is 21.1. The average molecular weight is 438 g/mol. The van der Waals surface area contributed by atoms with E-state index in [4.69, 9.17) is 26.7 Å². The van der Waals surface area contributed by atoms with Gasteiger partial charge in [-0.05, 0) is 60.7 Å². The van der Waals surface area contributed by atoms with E-state index in [0.717, 1.165) is 32.8 Å². The van der Waals surface area contributed by atoms with Crippen molar-refractivity contribution in [3.05, 3.63) is 88.3 Å². The van der Waals surface area contributed by atoms with Gasteiger partial charge >= 0.3 is 0 Å². The molecule has 4 rings (SSSR count). The molecule has 4 nitrogen and oxygen atoms in total. The van der Waals surface area contributed by atoms with Crippen molar-refractivity contribution in [3.8, 4) is 11.8 Å². The van der Waals surface area contributed by atoms with E-state index in [-0.39, 0.29) is 5.82 Å². The fourth-order valence-corrected chi connectivity index (χ4v) is 4.29. The molecule has 0 unspecified atom stereocenters. The van der Waals surface area contributed by atoms with E-state index in [1.54, 1.807) is 43.1 Å². The molecular formula is C23H17ClFN3OS. The van der Waals surface area contributed by atoms with Gasteiger partial charge < -0.3 is 4.74 Å². The largest absolute Gasteiger partial charge is 0.496 e. The lowest BCUT2D eigenvalue weighted by atomic mass is 10.2. The zero-order valence-corrected chi connectivity index (χ0v) is 17.7. The van der Waals surface area contributed by atoms with Crippen molar-refractivity contribution in [3.63, 3.8) is 0 Å². The fraction of sp³-hybridized carbons (Fsp3) is 0.130. The quantitative estimate of drug-likeness (QED) is 0.344. The molecule has 0 saturated carbocycles. The van der Waals surface area contributed by atoms with Crippen molar-refractivity contribution in [2.75, 3.05) is 7.11 Å². The highest BCUT2D eigenvalue weighted by atomic mass is 35.5. The third kappa shape index (κ3) is 4.28. The van der Waals surface area contributed by atoms with Gasteiger partial charge in [-0.15, -0.1) is 11.8 Å². The Morgan fingerprint density at radius 2 is 1.93 bits per heavy atom. The van der Waals surface area contributed by atoms with E-state index in [1.165, 1.54) is 12.1 Å². The van der Waals surface area contributed by atoms with Crippen LogP contribution in [0.5, 0.6) is 5.75 Å². The molecule has 0 aliphatic heterocycles. The fourth-order valence-electron chi connectivity index (χ4n) is 3.25. The number of ether oxygens (including phenoxy) is 1. The smallest absolute Gasteiger partial charge is 0.124 e. The van der Waals surface area contributed by atoms with Crippen molar-refractivity contribution in [2.45, 2.75) is 17.2 Å². The lowest BCUT2D eigenvalue weighted by molar-refractivity contribution is 0.407. The number of halogens is 2. The third-order valence-electron chi connectivity index (χ3n) is 4.71. The molecule has 4 aromatic rings. The van der Waals surface area contributed by atoms with Gasteiger partial charge in [0, 0.05) is 26.6 Å². The predicted octanol–water partition coefficient (Wildman–Crippen LogP) is 6.05. The van der Waals surface area contributed by atoms with Crippen LogP contribution < -0.4 is 4.74 Å². The molecule has 1 aromatic heterocycles. The molecule has 30 heavy (non-hydrogen) atoms. The minimum Gasteiger partial charge on any atom is -0.496 e. The Morgan fingerprint density at radius 3 is 2.67 bits per heavy atom. The molecule has 7 heteroatoms. The lowest BCUT2D eigenvalue weighted by Gasteiger charge is -2.10. The molecule has 150 valence electrons. The summed E-state index contributed by atoms with van der Waals surface area (Å²) in [5, 5.41) is 15.1. The van der Waals surface area contributed by atoms with Crippen molar-refractivity contribution in [1.29, 1.82) is 5.26 Å². The number of hydrogen-bond donors (Lipinski definition) is 0. The number of rotatable bonds is 6. The second kappa shape index (κ2) is 8.78. The molecule has 0 radical (unpaired) electrons. The van der Waals surface area contributed by atoms with Gasteiger partial charge in [-0.1, -0.05) is 11.6 Å². The van der Waals surface area contributed by atoms with E-state index in [1.807, 2.05) is 28.9 Å². The standard InChI is InChI=1S/C23H17ClFN3OS/c1-29-23-9-4-17(24)10-16(23)13-28-22-8-5-18(25)11-20(22)21(27-28)14-30-19-6-2-15(12-26)3-7-19/h2-11H,13-14H2,1H3. The molecule has 0 aliphatic carbocycles. The molecule has 1 heterocycles. The summed E-state index contributed by atoms with van der Waals surface area (Å²) in [6.07, 6.45) is 0. The summed E-state index contributed by atoms with van der Waals surface area (Å²) in [4.78, 5) is 1.02. The van der Waals surface area contributed by atoms with Gasteiger partial charge in [-0.25, -0.2) is 4.39 Å². The van der Waals surface area contributed by atoms with E-state index in [2.05, 4.69) is 6.07 Å². The van der Waals surface area contributed by atoms with E-state index < -0.39 is 0 Å². The van der Waals surface area contributed by atoms with Crippen LogP contribution in [0.2, 0.25) is 5.02 Å². The molecule has 0 saturated heterocycles. The Hall–Kier alpha value is -3.01. The maximum Gasteiger partial charge on any atom is 0.124 e. The van der Waals surface area contributed by atoms with Gasteiger partial charge in [0.15, 0.2) is 0 Å². The van der Waals surface area contributed by atoms with Gasteiger partial charge in [-0.2, -0.15) is 10.4 Å². The van der Waals surface area contributed by atoms with Crippen LogP contribution in [0, 0.1) is 17.1 Å². The number of benzene rings is 3. The van der Waals surface area contributed by atoms with E-state index in [9.17, 15) is 4.39 Å². The number of fused-ring (bicyclic) bond motifs is 1. The highest BCUT2D eigenvalue weighted by Crippen LogP contribution is 2.30. The number of nitriles is 1. The number of hydrogen-bond acceptors (Lipinski definition) is 4. The SMILES string of the molecule is COc1ccc(Cl)cc1Cn1nc(CSc2ccc(C#N)cc2)c2cc(F)ccc21. The lowest BCUT2D eigenvalue weighted by Crippen LogP contribution is -2.04. The van der Waals surface area contributed by atoms with E-state index in [0.29, 0.717) is 22.9 Å². The molecule has 0 N–H and O–H groups in total. The Bertz CT molecular complexity index is 1250. The molecule has 0 fully saturated rings. The summed E-state index contributed by atoms with van der Waals surface area (Å²) in [6.45, 7) is 0.452. The monoisotopic (exact) mass is 437 g/mol. The normalized spacial score (nSPS) is 10.9. The molecule has 0 atom stereocenters. The molecular weight excluding hydrogens is 421 g/mol. The van der Waals surface area contributed by atoms with Crippen LogP contribution in [-0.4, -0.2) is 16.9 Å². The molecule has 3 aromatic carbocycles. The maximum atomic E-state index is 14.0. The van der Waals surface area contributed by atoms with Gasteiger partial charge in [-0.3, -0.25) is 4.68 Å². The van der Waals surface area contributed by atoms with Crippen LogP contribution in [0.3, 0.4) is 0 Å². The first-order chi connectivity index (χ1) is 14.6. The average Bonchev–Trinajstić information content (AvgIpc) is 3.09. The Kier molecular flexibility index (Phi) is 5.93. The predicted molar refractivity (Wildman–Crippen MR) is 118 cm³/mol. The van der Waals surface area contributed by atoms with E-state index >= 15 is 0 Å². The van der Waals surface area contributed by atoms with Gasteiger partial charge in [0.05, 0.1) is 36.5 Å². The van der Waals surface area contributed by atoms with Gasteiger partial charge in [0.25, 0.3) is 0 Å². The molecule has 0 amide bonds. The summed E-state index contributed by atoms with van der Waals surface area (Å²) in [6, 6.07) is 19.6. The Balaban J connectivity index is 1.66. The zero-order valence-electron chi connectivity index (χ0n) is 16.1. The van der Waals surface area contributed by atoms with Crippen LogP contribution in [0.15, 0.2) is 65.6 Å². The van der Waals surface area contributed by atoms with Crippen molar-refractivity contribution in [1.82, 2.24) is 9.78 Å². The summed E-state index contributed by atoms with van der Waals surface area (Å²) in [5.41, 5.74) is 3.14. The highest BCUT2D eigenvalue weighted by Gasteiger charge is 2.14. The van der Waals surface area contributed by atoms with Crippen LogP contribution in [0.4, 0.5) is 4.39 Å². The van der Waals surface area contributed by atoms with Gasteiger partial charge in [0.1, 0.15) is 11.6 Å². The van der Waals surface area contributed by atoms with Crippen molar-refractivity contribution >= 4 is 34.3 Å². The van der Waals surface area contributed by atoms with Crippen LogP contribution in [0.1, 0.15) is 16.8 Å². The van der Waals surface area contributed by atoms with Crippen LogP contribution in [-0.2, 0) is 12.3 Å². The molecule has 0 aliphatic rings. The van der Waals surface area contributed by atoms with Crippen LogP contribution >= 0.6 is 23.4 Å². The summed E-state index contributed by atoms with van der Waals surface area (Å²) >= 11 is 7.75. The summed E-state index contributed by atoms with van der Waals surface area (Å²) in [5.74, 6) is 0.997. The van der Waals surface area contributed by atoms with Crippen molar-refractivity contribution < 1.29 is 9.13 Å². The topological polar surface area (TPSA) is 50.8 Å². The first-order valence-corrected chi connectivity index (χ1v) is 10.5. The highest BCUT2D eigenvalue weighted by molar-refractivity contribution is 7.98. The first-order valence-electron chi connectivity index (χ1n) is 9.17.